The van der Waals surface area contributed by atoms with Gasteiger partial charge >= 0.3 is 5.97 Å². The fourth-order valence-electron chi connectivity index (χ4n) is 0.823. The van der Waals surface area contributed by atoms with E-state index in [0.29, 0.717) is 11.6 Å². The monoisotopic (exact) mass is 213 g/mol. The van der Waals surface area contributed by atoms with Gasteiger partial charge in [0.15, 0.2) is 0 Å². The van der Waals surface area contributed by atoms with Crippen LogP contribution in [0.3, 0.4) is 0 Å². The Bertz CT molecular complexity index is 317. The number of hydrogen-bond donors (Lipinski definition) is 1. The summed E-state index contributed by atoms with van der Waals surface area (Å²) < 4.78 is 4.73. The Kier molecular flexibility index (Phi) is 4.25. The van der Waals surface area contributed by atoms with Crippen molar-refractivity contribution in [1.29, 1.82) is 0 Å². The number of esters is 1. The number of aromatic nitrogens is 1. The maximum Gasteiger partial charge on any atom is 0.316 e. The van der Waals surface area contributed by atoms with Crippen molar-refractivity contribution in [3.8, 4) is 5.75 Å². The largest absolute Gasteiger partial charge is 0.505 e. The molecule has 0 spiro atoms. The van der Waals surface area contributed by atoms with Crippen LogP contribution in [-0.2, 0) is 9.53 Å². The fourth-order valence-corrected chi connectivity index (χ4v) is 1.51. The van der Waals surface area contributed by atoms with Gasteiger partial charge in [0.1, 0.15) is 10.8 Å². The molecule has 0 aromatic carbocycles. The van der Waals surface area contributed by atoms with E-state index in [1.807, 2.05) is 0 Å². The Morgan fingerprint density at radius 2 is 2.50 bits per heavy atom. The molecular formula is C9H11NO3S. The van der Waals surface area contributed by atoms with Crippen molar-refractivity contribution in [1.82, 2.24) is 4.98 Å². The summed E-state index contributed by atoms with van der Waals surface area (Å²) in [5.41, 5.74) is 0. The first-order valence-corrected chi connectivity index (χ1v) is 5.15. The standard InChI is InChI=1S/C9H11NO3S/c1-2-13-8(12)6-14-9-7(11)4-3-5-10-9/h3-5,11H,2,6H2,1H3. The molecule has 0 unspecified atom stereocenters. The molecule has 0 bridgehead atoms. The van der Waals surface area contributed by atoms with E-state index in [1.165, 1.54) is 6.07 Å². The molecule has 0 fully saturated rings. The molecule has 76 valence electrons. The minimum absolute atomic E-state index is 0.0850. The van der Waals surface area contributed by atoms with E-state index in [2.05, 4.69) is 4.98 Å². The second-order valence-electron chi connectivity index (χ2n) is 2.42. The fraction of sp³-hybridized carbons (Fsp3) is 0.333. The first-order valence-electron chi connectivity index (χ1n) is 4.16. The maximum absolute atomic E-state index is 11.0. The van der Waals surface area contributed by atoms with Gasteiger partial charge in [0.2, 0.25) is 0 Å². The SMILES string of the molecule is CCOC(=O)CSc1ncccc1O. The number of rotatable bonds is 4. The number of carbonyl (C=O) groups is 1. The summed E-state index contributed by atoms with van der Waals surface area (Å²) >= 11 is 1.16. The van der Waals surface area contributed by atoms with Crippen LogP contribution in [0.25, 0.3) is 0 Å². The van der Waals surface area contributed by atoms with Crippen molar-refractivity contribution in [2.24, 2.45) is 0 Å². The third-order valence-electron chi connectivity index (χ3n) is 1.38. The minimum atomic E-state index is -0.303. The molecule has 14 heavy (non-hydrogen) atoms. The van der Waals surface area contributed by atoms with Gasteiger partial charge in [-0.1, -0.05) is 11.8 Å². The summed E-state index contributed by atoms with van der Waals surface area (Å²) in [6, 6.07) is 3.16. The number of thioether (sulfide) groups is 1. The van der Waals surface area contributed by atoms with Crippen molar-refractivity contribution >= 4 is 17.7 Å². The van der Waals surface area contributed by atoms with Crippen LogP contribution in [-0.4, -0.2) is 28.4 Å². The first-order chi connectivity index (χ1) is 6.74. The Balaban J connectivity index is 2.46. The lowest BCUT2D eigenvalue weighted by Gasteiger charge is -2.02. The number of ether oxygens (including phenoxy) is 1. The van der Waals surface area contributed by atoms with E-state index >= 15 is 0 Å². The van der Waals surface area contributed by atoms with E-state index < -0.39 is 0 Å². The predicted octanol–water partition coefficient (Wildman–Crippen LogP) is 1.44. The molecule has 0 aliphatic heterocycles. The Hall–Kier alpha value is -1.23. The van der Waals surface area contributed by atoms with E-state index in [9.17, 15) is 9.90 Å². The van der Waals surface area contributed by atoms with Crippen LogP contribution >= 0.6 is 11.8 Å². The number of carbonyl (C=O) groups excluding carboxylic acids is 1. The summed E-state index contributed by atoms with van der Waals surface area (Å²) in [6.07, 6.45) is 1.56. The molecule has 0 saturated heterocycles. The number of pyridine rings is 1. The molecule has 4 nitrogen and oxygen atoms in total. The van der Waals surface area contributed by atoms with Crippen LogP contribution in [0.2, 0.25) is 0 Å². The number of hydrogen-bond acceptors (Lipinski definition) is 5. The normalized spacial score (nSPS) is 9.79. The zero-order valence-corrected chi connectivity index (χ0v) is 8.58. The summed E-state index contributed by atoms with van der Waals surface area (Å²) in [7, 11) is 0. The van der Waals surface area contributed by atoms with Crippen LogP contribution < -0.4 is 0 Å². The molecule has 0 amide bonds. The van der Waals surface area contributed by atoms with E-state index in [4.69, 9.17) is 4.74 Å². The Morgan fingerprint density at radius 3 is 3.14 bits per heavy atom. The lowest BCUT2D eigenvalue weighted by Crippen LogP contribution is -2.06. The second kappa shape index (κ2) is 5.49. The van der Waals surface area contributed by atoms with Gasteiger partial charge in [0.05, 0.1) is 12.4 Å². The van der Waals surface area contributed by atoms with E-state index in [-0.39, 0.29) is 17.5 Å². The topological polar surface area (TPSA) is 59.4 Å². The highest BCUT2D eigenvalue weighted by Crippen LogP contribution is 2.24. The third kappa shape index (κ3) is 3.26. The van der Waals surface area contributed by atoms with Gasteiger partial charge in [0.25, 0.3) is 0 Å². The summed E-state index contributed by atoms with van der Waals surface area (Å²) in [6.45, 7) is 2.12. The summed E-state index contributed by atoms with van der Waals surface area (Å²) in [5, 5.41) is 9.76. The molecule has 0 aliphatic rings. The van der Waals surface area contributed by atoms with Gasteiger partial charge < -0.3 is 9.84 Å². The smallest absolute Gasteiger partial charge is 0.316 e. The minimum Gasteiger partial charge on any atom is -0.505 e. The maximum atomic E-state index is 11.0. The average molecular weight is 213 g/mol. The van der Waals surface area contributed by atoms with Gasteiger partial charge in [-0.3, -0.25) is 4.79 Å². The molecule has 5 heteroatoms. The summed E-state index contributed by atoms with van der Waals surface area (Å²) in [4.78, 5) is 14.9. The van der Waals surface area contributed by atoms with Crippen molar-refractivity contribution < 1.29 is 14.6 Å². The molecule has 1 N–H and O–H groups in total. The van der Waals surface area contributed by atoms with Crippen LogP contribution in [0, 0.1) is 0 Å². The van der Waals surface area contributed by atoms with Crippen LogP contribution in [0.5, 0.6) is 5.75 Å². The lowest BCUT2D eigenvalue weighted by atomic mass is 10.5. The van der Waals surface area contributed by atoms with Crippen LogP contribution in [0.4, 0.5) is 0 Å². The molecule has 0 radical (unpaired) electrons. The molecule has 0 atom stereocenters. The highest BCUT2D eigenvalue weighted by Gasteiger charge is 2.06. The van der Waals surface area contributed by atoms with E-state index in [0.717, 1.165) is 11.8 Å². The molecule has 1 heterocycles. The summed E-state index contributed by atoms with van der Waals surface area (Å²) in [5.74, 6) is -0.0531. The number of aromatic hydroxyl groups is 1. The molecule has 1 aromatic rings. The first kappa shape index (κ1) is 10.8. The van der Waals surface area contributed by atoms with Gasteiger partial charge in [-0.25, -0.2) is 4.98 Å². The van der Waals surface area contributed by atoms with Crippen molar-refractivity contribution in [2.75, 3.05) is 12.4 Å². The van der Waals surface area contributed by atoms with Gasteiger partial charge in [-0.05, 0) is 19.1 Å². The molecule has 0 aliphatic carbocycles. The molecular weight excluding hydrogens is 202 g/mol. The Morgan fingerprint density at radius 1 is 1.71 bits per heavy atom. The molecule has 1 aromatic heterocycles. The van der Waals surface area contributed by atoms with Crippen molar-refractivity contribution in [3.63, 3.8) is 0 Å². The second-order valence-corrected chi connectivity index (χ2v) is 3.39. The van der Waals surface area contributed by atoms with Gasteiger partial charge in [0, 0.05) is 6.20 Å². The average Bonchev–Trinajstić information content (AvgIpc) is 2.17. The highest BCUT2D eigenvalue weighted by atomic mass is 32.2. The van der Waals surface area contributed by atoms with Crippen molar-refractivity contribution in [2.45, 2.75) is 11.9 Å². The highest BCUT2D eigenvalue weighted by molar-refractivity contribution is 8.00. The molecule has 0 saturated carbocycles. The zero-order chi connectivity index (χ0) is 10.4. The predicted molar refractivity (Wildman–Crippen MR) is 53.3 cm³/mol. The van der Waals surface area contributed by atoms with Crippen molar-refractivity contribution in [3.05, 3.63) is 18.3 Å². The van der Waals surface area contributed by atoms with Crippen LogP contribution in [0.15, 0.2) is 23.4 Å². The lowest BCUT2D eigenvalue weighted by molar-refractivity contribution is -0.139. The third-order valence-corrected chi connectivity index (χ3v) is 2.35. The quantitative estimate of drug-likeness (QED) is 0.605. The van der Waals surface area contributed by atoms with E-state index in [1.54, 1.807) is 19.2 Å². The number of nitrogens with zero attached hydrogens (tertiary/aromatic N) is 1. The zero-order valence-electron chi connectivity index (χ0n) is 7.77. The molecule has 1 rings (SSSR count). The van der Waals surface area contributed by atoms with Gasteiger partial charge in [-0.15, -0.1) is 0 Å². The van der Waals surface area contributed by atoms with Gasteiger partial charge in [-0.2, -0.15) is 0 Å². The van der Waals surface area contributed by atoms with Crippen LogP contribution in [0.1, 0.15) is 6.92 Å². The Labute approximate surface area is 86.3 Å².